The highest BCUT2D eigenvalue weighted by Gasteiger charge is 2.17. The van der Waals surface area contributed by atoms with Crippen molar-refractivity contribution in [1.82, 2.24) is 14.9 Å². The van der Waals surface area contributed by atoms with Crippen LogP contribution < -0.4 is 0 Å². The van der Waals surface area contributed by atoms with E-state index in [4.69, 9.17) is 0 Å². The molecule has 0 aliphatic rings. The third-order valence-electron chi connectivity index (χ3n) is 4.51. The van der Waals surface area contributed by atoms with Gasteiger partial charge in [-0.2, -0.15) is 0 Å². The van der Waals surface area contributed by atoms with E-state index in [-0.39, 0.29) is 5.91 Å². The Balaban J connectivity index is 1.88. The number of nitrogens with zero attached hydrogens (tertiary/aromatic N) is 3. The van der Waals surface area contributed by atoms with Crippen molar-refractivity contribution < 1.29 is 4.79 Å². The number of aromatic nitrogens is 2. The molecule has 5 heteroatoms. The summed E-state index contributed by atoms with van der Waals surface area (Å²) in [4.78, 5) is 24.9. The minimum atomic E-state index is 0.0471. The second kappa shape index (κ2) is 7.31. The Morgan fingerprint density at radius 2 is 2.04 bits per heavy atom. The number of carbonyl (C=O) groups is 1. The Bertz CT molecular complexity index is 916. The van der Waals surface area contributed by atoms with Crippen LogP contribution in [0.3, 0.4) is 0 Å². The van der Waals surface area contributed by atoms with E-state index in [2.05, 4.69) is 29.0 Å². The van der Waals surface area contributed by atoms with Crippen LogP contribution in [0.2, 0.25) is 0 Å². The fourth-order valence-electron chi connectivity index (χ4n) is 2.94. The van der Waals surface area contributed by atoms with E-state index in [9.17, 15) is 4.79 Å². The normalized spacial score (nSPS) is 11.0. The number of fused-ring (bicyclic) bond motifs is 1. The standard InChI is InChI=1S/C20H23N3OS/c1-5-15-6-7-18-16(11-15)17(10-13(2)22-18)20(24)23(4)9-8-19-14(3)21-12-25-19/h6-7,10-12H,5,8-9H2,1-4H3. The van der Waals surface area contributed by atoms with E-state index in [0.29, 0.717) is 6.54 Å². The Morgan fingerprint density at radius 3 is 2.72 bits per heavy atom. The summed E-state index contributed by atoms with van der Waals surface area (Å²) in [5.74, 6) is 0.0471. The second-order valence-corrected chi connectivity index (χ2v) is 7.29. The van der Waals surface area contributed by atoms with Crippen LogP contribution in [0, 0.1) is 13.8 Å². The molecule has 0 saturated carbocycles. The lowest BCUT2D eigenvalue weighted by molar-refractivity contribution is 0.0798. The molecular formula is C20H23N3OS. The average Bonchev–Trinajstić information content (AvgIpc) is 3.02. The molecule has 2 heterocycles. The molecule has 0 atom stereocenters. The Morgan fingerprint density at radius 1 is 1.24 bits per heavy atom. The van der Waals surface area contributed by atoms with Crippen molar-refractivity contribution in [2.75, 3.05) is 13.6 Å². The molecular weight excluding hydrogens is 330 g/mol. The van der Waals surface area contributed by atoms with Gasteiger partial charge in [0.1, 0.15) is 0 Å². The highest BCUT2D eigenvalue weighted by Crippen LogP contribution is 2.22. The maximum absolute atomic E-state index is 13.0. The second-order valence-electron chi connectivity index (χ2n) is 6.35. The van der Waals surface area contributed by atoms with Crippen molar-refractivity contribution >= 4 is 28.1 Å². The average molecular weight is 353 g/mol. The summed E-state index contributed by atoms with van der Waals surface area (Å²) in [6.45, 7) is 6.75. The van der Waals surface area contributed by atoms with Crippen LogP contribution in [-0.2, 0) is 12.8 Å². The summed E-state index contributed by atoms with van der Waals surface area (Å²) in [5, 5.41) is 0.941. The molecule has 4 nitrogen and oxygen atoms in total. The van der Waals surface area contributed by atoms with Gasteiger partial charge < -0.3 is 4.90 Å². The number of carbonyl (C=O) groups excluding carboxylic acids is 1. The first-order chi connectivity index (χ1) is 12.0. The molecule has 130 valence electrons. The zero-order valence-corrected chi connectivity index (χ0v) is 16.0. The highest BCUT2D eigenvalue weighted by molar-refractivity contribution is 7.09. The number of thiazole rings is 1. The van der Waals surface area contributed by atoms with E-state index in [1.54, 1.807) is 16.2 Å². The molecule has 0 N–H and O–H groups in total. The Labute approximate surface area is 152 Å². The molecule has 0 aliphatic carbocycles. The number of amides is 1. The van der Waals surface area contributed by atoms with E-state index in [1.165, 1.54) is 10.4 Å². The number of benzene rings is 1. The zero-order chi connectivity index (χ0) is 18.0. The van der Waals surface area contributed by atoms with Gasteiger partial charge in [-0.15, -0.1) is 11.3 Å². The number of hydrogen-bond donors (Lipinski definition) is 0. The van der Waals surface area contributed by atoms with E-state index in [0.717, 1.165) is 40.7 Å². The minimum absolute atomic E-state index is 0.0471. The van der Waals surface area contributed by atoms with Gasteiger partial charge in [-0.05, 0) is 44.0 Å². The number of likely N-dealkylation sites (N-methyl/N-ethyl adjacent to an activating group) is 1. The molecule has 0 radical (unpaired) electrons. The number of pyridine rings is 1. The fourth-order valence-corrected chi connectivity index (χ4v) is 3.72. The molecule has 1 amide bonds. The predicted molar refractivity (Wildman–Crippen MR) is 103 cm³/mol. The lowest BCUT2D eigenvalue weighted by atomic mass is 10.0. The predicted octanol–water partition coefficient (Wildman–Crippen LogP) is 4.19. The third-order valence-corrected chi connectivity index (χ3v) is 5.50. The molecule has 3 aromatic rings. The van der Waals surface area contributed by atoms with E-state index in [1.807, 2.05) is 38.5 Å². The van der Waals surface area contributed by atoms with E-state index >= 15 is 0 Å². The zero-order valence-electron chi connectivity index (χ0n) is 15.2. The summed E-state index contributed by atoms with van der Waals surface area (Å²) in [5.41, 5.74) is 6.62. The third kappa shape index (κ3) is 3.71. The molecule has 0 fully saturated rings. The molecule has 1 aromatic carbocycles. The molecule has 0 bridgehead atoms. The maximum atomic E-state index is 13.0. The minimum Gasteiger partial charge on any atom is -0.341 e. The van der Waals surface area contributed by atoms with Crippen LogP contribution in [0.4, 0.5) is 0 Å². The molecule has 0 saturated heterocycles. The largest absolute Gasteiger partial charge is 0.341 e. The topological polar surface area (TPSA) is 46.1 Å². The van der Waals surface area contributed by atoms with Gasteiger partial charge in [0, 0.05) is 36.0 Å². The van der Waals surface area contributed by atoms with Crippen LogP contribution in [0.25, 0.3) is 10.9 Å². The smallest absolute Gasteiger partial charge is 0.254 e. The number of rotatable bonds is 5. The van der Waals surface area contributed by atoms with Crippen molar-refractivity contribution in [3.8, 4) is 0 Å². The van der Waals surface area contributed by atoms with Gasteiger partial charge in [0.2, 0.25) is 0 Å². The first-order valence-electron chi connectivity index (χ1n) is 8.54. The van der Waals surface area contributed by atoms with Gasteiger partial charge in [0.25, 0.3) is 5.91 Å². The van der Waals surface area contributed by atoms with Gasteiger partial charge >= 0.3 is 0 Å². The molecule has 0 aliphatic heterocycles. The number of hydrogen-bond acceptors (Lipinski definition) is 4. The summed E-state index contributed by atoms with van der Waals surface area (Å²) in [7, 11) is 1.87. The first-order valence-corrected chi connectivity index (χ1v) is 9.42. The monoisotopic (exact) mass is 353 g/mol. The summed E-state index contributed by atoms with van der Waals surface area (Å²) >= 11 is 1.65. The van der Waals surface area contributed by atoms with Crippen molar-refractivity contribution in [2.45, 2.75) is 33.6 Å². The van der Waals surface area contributed by atoms with Gasteiger partial charge in [-0.1, -0.05) is 13.0 Å². The van der Waals surface area contributed by atoms with Crippen molar-refractivity contribution in [1.29, 1.82) is 0 Å². The van der Waals surface area contributed by atoms with Gasteiger partial charge in [0.15, 0.2) is 0 Å². The Kier molecular flexibility index (Phi) is 5.13. The lowest BCUT2D eigenvalue weighted by Gasteiger charge is -2.18. The number of aryl methyl sites for hydroxylation is 3. The SMILES string of the molecule is CCc1ccc2nc(C)cc(C(=O)N(C)CCc3scnc3C)c2c1. The van der Waals surface area contributed by atoms with Gasteiger partial charge in [-0.3, -0.25) is 9.78 Å². The highest BCUT2D eigenvalue weighted by atomic mass is 32.1. The van der Waals surface area contributed by atoms with Crippen LogP contribution in [0.5, 0.6) is 0 Å². The van der Waals surface area contributed by atoms with E-state index < -0.39 is 0 Å². The van der Waals surface area contributed by atoms with Crippen LogP contribution in [0.1, 0.15) is 39.1 Å². The van der Waals surface area contributed by atoms with Gasteiger partial charge in [0.05, 0.1) is 22.3 Å². The molecule has 3 rings (SSSR count). The maximum Gasteiger partial charge on any atom is 0.254 e. The molecule has 2 aromatic heterocycles. The summed E-state index contributed by atoms with van der Waals surface area (Å²) in [6, 6.07) is 8.09. The van der Waals surface area contributed by atoms with Crippen LogP contribution in [0.15, 0.2) is 29.8 Å². The Hall–Kier alpha value is -2.27. The molecule has 0 spiro atoms. The van der Waals surface area contributed by atoms with Crippen molar-refractivity contribution in [2.24, 2.45) is 0 Å². The molecule has 0 unspecified atom stereocenters. The fraction of sp³-hybridized carbons (Fsp3) is 0.350. The summed E-state index contributed by atoms with van der Waals surface area (Å²) < 4.78 is 0. The van der Waals surface area contributed by atoms with Crippen LogP contribution in [-0.4, -0.2) is 34.4 Å². The molecule has 25 heavy (non-hydrogen) atoms. The summed E-state index contributed by atoms with van der Waals surface area (Å²) in [6.07, 6.45) is 1.78. The van der Waals surface area contributed by atoms with Crippen molar-refractivity contribution in [3.63, 3.8) is 0 Å². The van der Waals surface area contributed by atoms with Crippen LogP contribution >= 0.6 is 11.3 Å². The van der Waals surface area contributed by atoms with Gasteiger partial charge in [-0.25, -0.2) is 4.98 Å². The quantitative estimate of drug-likeness (QED) is 0.691. The first kappa shape index (κ1) is 17.5. The lowest BCUT2D eigenvalue weighted by Crippen LogP contribution is -2.29. The van der Waals surface area contributed by atoms with Crippen molar-refractivity contribution in [3.05, 3.63) is 57.2 Å².